The SMILES string of the molecule is CC/C=C\C/C=C\C/C=C\C/C=C\C/C=C\C/C=C\C/C=C\CCCCCC(=O)OC(COC(=O)CC/C=C\C/C=C\C/C=C\C/C=C\CC)COP(=O)([O-])OCC[N+](C)(C)C. The third kappa shape index (κ3) is 45.7. The van der Waals surface area contributed by atoms with E-state index >= 15 is 0 Å². The standard InChI is InChI=1S/C52H82NO8P/c1-6-8-10-12-14-16-18-20-21-22-23-24-25-26-27-28-29-30-31-33-35-37-39-41-43-45-52(55)61-50(49-60-62(56,57)59-47-46-53(3,4)5)48-58-51(54)44-42-40-38-36-34-32-19-17-15-13-11-9-7-2/h8-11,14-17,20-21,23-24,26-27,29-30,32-35,38,40,50H,6-7,12-13,18-19,22,25,28,31,36-37,39,41-49H2,1-5H3/b10-8-,11-9-,16-14-,17-15-,21-20-,24-23-,27-26-,30-29-,34-32-,35-33-,40-38-. The first-order chi connectivity index (χ1) is 30.0. The molecule has 0 aromatic rings. The maximum Gasteiger partial charge on any atom is 0.306 e. The lowest BCUT2D eigenvalue weighted by Gasteiger charge is -2.28. The van der Waals surface area contributed by atoms with Crippen molar-refractivity contribution in [2.24, 2.45) is 0 Å². The monoisotopic (exact) mass is 880 g/mol. The normalized spacial score (nSPS) is 14.7. The quantitative estimate of drug-likeness (QED) is 0.0197. The molecule has 0 aliphatic heterocycles. The molecule has 9 nitrogen and oxygen atoms in total. The van der Waals surface area contributed by atoms with Crippen LogP contribution in [0.2, 0.25) is 0 Å². The van der Waals surface area contributed by atoms with E-state index in [2.05, 4.69) is 135 Å². The second-order valence-corrected chi connectivity index (χ2v) is 17.1. The molecule has 0 heterocycles. The molecule has 0 rings (SSSR count). The fraction of sp³-hybridized carbons (Fsp3) is 0.538. The van der Waals surface area contributed by atoms with Gasteiger partial charge in [-0.15, -0.1) is 0 Å². The minimum Gasteiger partial charge on any atom is -0.756 e. The van der Waals surface area contributed by atoms with Gasteiger partial charge in [0.1, 0.15) is 19.8 Å². The number of quaternary nitrogens is 1. The highest BCUT2D eigenvalue weighted by molar-refractivity contribution is 7.45. The summed E-state index contributed by atoms with van der Waals surface area (Å²) in [6.07, 6.45) is 60.8. The predicted molar refractivity (Wildman–Crippen MR) is 258 cm³/mol. The number of carbonyl (C=O) groups excluding carboxylic acids is 2. The third-order valence-corrected chi connectivity index (χ3v) is 9.64. The highest BCUT2D eigenvalue weighted by Gasteiger charge is 2.21. The zero-order chi connectivity index (χ0) is 45.7. The number of phosphoric ester groups is 1. The van der Waals surface area contributed by atoms with Crippen LogP contribution in [0.15, 0.2) is 134 Å². The number of likely N-dealkylation sites (N-methyl/N-ethyl adjacent to an activating group) is 1. The van der Waals surface area contributed by atoms with Gasteiger partial charge in [-0.1, -0.05) is 154 Å². The van der Waals surface area contributed by atoms with Crippen molar-refractivity contribution in [2.75, 3.05) is 47.5 Å². The van der Waals surface area contributed by atoms with Crippen molar-refractivity contribution in [1.29, 1.82) is 0 Å². The lowest BCUT2D eigenvalue weighted by Crippen LogP contribution is -2.37. The van der Waals surface area contributed by atoms with Crippen molar-refractivity contribution in [1.82, 2.24) is 0 Å². The zero-order valence-corrected chi connectivity index (χ0v) is 39.9. The molecule has 0 aromatic carbocycles. The van der Waals surface area contributed by atoms with Crippen molar-refractivity contribution in [3.05, 3.63) is 134 Å². The second kappa shape index (κ2) is 42.5. The summed E-state index contributed by atoms with van der Waals surface area (Å²) in [7, 11) is 1.08. The van der Waals surface area contributed by atoms with Gasteiger partial charge in [0.2, 0.25) is 0 Å². The highest BCUT2D eigenvalue weighted by Crippen LogP contribution is 2.38. The van der Waals surface area contributed by atoms with Gasteiger partial charge in [0.05, 0.1) is 27.7 Å². The van der Waals surface area contributed by atoms with Gasteiger partial charge >= 0.3 is 11.9 Å². The molecule has 0 saturated heterocycles. The summed E-state index contributed by atoms with van der Waals surface area (Å²) in [6, 6.07) is 0. The summed E-state index contributed by atoms with van der Waals surface area (Å²) in [6.45, 7) is 3.83. The van der Waals surface area contributed by atoms with Gasteiger partial charge in [0.15, 0.2) is 6.10 Å². The molecule has 0 aliphatic rings. The molecule has 0 saturated carbocycles. The number of allylic oxidation sites excluding steroid dienone is 22. The van der Waals surface area contributed by atoms with Crippen LogP contribution < -0.4 is 4.89 Å². The summed E-state index contributed by atoms with van der Waals surface area (Å²) in [5.41, 5.74) is 0. The molecule has 0 aromatic heterocycles. The van der Waals surface area contributed by atoms with Gasteiger partial charge < -0.3 is 27.9 Å². The maximum absolute atomic E-state index is 12.7. The summed E-state index contributed by atoms with van der Waals surface area (Å²) >= 11 is 0. The van der Waals surface area contributed by atoms with Gasteiger partial charge in [-0.05, 0) is 96.3 Å². The van der Waals surface area contributed by atoms with E-state index in [0.717, 1.165) is 89.9 Å². The van der Waals surface area contributed by atoms with Crippen molar-refractivity contribution < 1.29 is 42.1 Å². The van der Waals surface area contributed by atoms with E-state index in [4.69, 9.17) is 18.5 Å². The van der Waals surface area contributed by atoms with Crippen molar-refractivity contribution in [2.45, 2.75) is 136 Å². The van der Waals surface area contributed by atoms with Crippen LogP contribution in [0.25, 0.3) is 0 Å². The van der Waals surface area contributed by atoms with Gasteiger partial charge in [-0.25, -0.2) is 0 Å². The average Bonchev–Trinajstić information content (AvgIpc) is 3.23. The van der Waals surface area contributed by atoms with Crippen molar-refractivity contribution in [3.8, 4) is 0 Å². The Kier molecular flexibility index (Phi) is 39.8. The summed E-state index contributed by atoms with van der Waals surface area (Å²) in [5, 5.41) is 0. The molecule has 10 heteroatoms. The number of carbonyl (C=O) groups is 2. The van der Waals surface area contributed by atoms with Gasteiger partial charge in [-0.3, -0.25) is 14.2 Å². The van der Waals surface area contributed by atoms with E-state index in [1.807, 2.05) is 33.3 Å². The molecular formula is C52H82NO8P. The highest BCUT2D eigenvalue weighted by atomic mass is 31.2. The first kappa shape index (κ1) is 58.1. The van der Waals surface area contributed by atoms with E-state index in [1.54, 1.807) is 0 Å². The van der Waals surface area contributed by atoms with E-state index in [1.165, 1.54) is 0 Å². The number of rotatable bonds is 39. The maximum atomic E-state index is 12.7. The Labute approximate surface area is 377 Å². The fourth-order valence-corrected chi connectivity index (χ4v) is 5.90. The number of esters is 2. The van der Waals surface area contributed by atoms with Gasteiger partial charge in [0, 0.05) is 12.8 Å². The molecule has 2 unspecified atom stereocenters. The number of phosphoric acid groups is 1. The van der Waals surface area contributed by atoms with E-state index in [-0.39, 0.29) is 26.1 Å². The molecule has 0 fully saturated rings. The molecule has 2 atom stereocenters. The fourth-order valence-electron chi connectivity index (χ4n) is 5.17. The van der Waals surface area contributed by atoms with Crippen molar-refractivity contribution in [3.63, 3.8) is 0 Å². The van der Waals surface area contributed by atoms with Crippen LogP contribution in [-0.2, 0) is 32.7 Å². The van der Waals surface area contributed by atoms with E-state index < -0.39 is 32.5 Å². The Morgan fingerprint density at radius 1 is 0.500 bits per heavy atom. The Bertz CT molecular complexity index is 1510. The van der Waals surface area contributed by atoms with Gasteiger partial charge in [0.25, 0.3) is 7.82 Å². The molecule has 0 amide bonds. The number of ether oxygens (including phenoxy) is 2. The van der Waals surface area contributed by atoms with Crippen LogP contribution in [0.4, 0.5) is 0 Å². The minimum atomic E-state index is -4.66. The first-order valence-electron chi connectivity index (χ1n) is 22.9. The third-order valence-electron chi connectivity index (χ3n) is 8.68. The second-order valence-electron chi connectivity index (χ2n) is 15.6. The molecule has 348 valence electrons. The average molecular weight is 880 g/mol. The molecule has 0 radical (unpaired) electrons. The molecule has 0 aliphatic carbocycles. The summed E-state index contributed by atoms with van der Waals surface area (Å²) in [5.74, 6) is -0.985. The smallest absolute Gasteiger partial charge is 0.306 e. The van der Waals surface area contributed by atoms with E-state index in [9.17, 15) is 19.0 Å². The van der Waals surface area contributed by atoms with Crippen molar-refractivity contribution >= 4 is 19.8 Å². The Balaban J connectivity index is 4.48. The largest absolute Gasteiger partial charge is 0.756 e. The molecule has 0 bridgehead atoms. The number of hydrogen-bond acceptors (Lipinski definition) is 8. The lowest BCUT2D eigenvalue weighted by atomic mass is 10.1. The van der Waals surface area contributed by atoms with Crippen LogP contribution in [-0.4, -0.2) is 70.0 Å². The minimum absolute atomic E-state index is 0.0568. The van der Waals surface area contributed by atoms with Crippen LogP contribution in [0.3, 0.4) is 0 Å². The van der Waals surface area contributed by atoms with Crippen LogP contribution in [0, 0.1) is 0 Å². The number of nitrogens with zero attached hydrogens (tertiary/aromatic N) is 1. The Morgan fingerprint density at radius 2 is 0.903 bits per heavy atom. The zero-order valence-electron chi connectivity index (χ0n) is 39.0. The van der Waals surface area contributed by atoms with Crippen LogP contribution in [0.1, 0.15) is 129 Å². The summed E-state index contributed by atoms with van der Waals surface area (Å²) < 4.78 is 33.8. The molecule has 62 heavy (non-hydrogen) atoms. The lowest BCUT2D eigenvalue weighted by molar-refractivity contribution is -0.870. The number of hydrogen-bond donors (Lipinski definition) is 0. The Hall–Kier alpha value is -3.85. The predicted octanol–water partition coefficient (Wildman–Crippen LogP) is 12.8. The summed E-state index contributed by atoms with van der Waals surface area (Å²) in [4.78, 5) is 37.5. The van der Waals surface area contributed by atoms with Crippen LogP contribution in [0.5, 0.6) is 0 Å². The molecule has 0 N–H and O–H groups in total. The number of unbranched alkanes of at least 4 members (excludes halogenated alkanes) is 3. The topological polar surface area (TPSA) is 111 Å². The van der Waals surface area contributed by atoms with Gasteiger partial charge in [-0.2, -0.15) is 0 Å². The van der Waals surface area contributed by atoms with Crippen LogP contribution >= 0.6 is 7.82 Å². The molecular weight excluding hydrogens is 798 g/mol. The first-order valence-corrected chi connectivity index (χ1v) is 24.4. The molecule has 0 spiro atoms. The van der Waals surface area contributed by atoms with E-state index in [0.29, 0.717) is 23.9 Å². The Morgan fingerprint density at radius 3 is 1.32 bits per heavy atom.